The maximum Gasteiger partial charge on any atom is 0.153 e. The lowest BCUT2D eigenvalue weighted by atomic mass is 10.0. The van der Waals surface area contributed by atoms with Crippen molar-refractivity contribution >= 4 is 27.5 Å². The highest BCUT2D eigenvalue weighted by atomic mass is 79.9. The fourth-order valence-electron chi connectivity index (χ4n) is 1.94. The number of aromatic nitrogens is 3. The van der Waals surface area contributed by atoms with Gasteiger partial charge in [-0.15, -0.1) is 5.10 Å². The molecular formula is C12H13BrClFN4. The zero-order chi connectivity index (χ0) is 14.0. The minimum atomic E-state index is -0.363. The first-order chi connectivity index (χ1) is 9.04. The molecule has 1 N–H and O–H groups in total. The highest BCUT2D eigenvalue weighted by molar-refractivity contribution is 9.10. The minimum Gasteiger partial charge on any atom is -0.305 e. The Bertz CT molecular complexity index is 568. The predicted molar refractivity (Wildman–Crippen MR) is 75.6 cm³/mol. The molecule has 0 saturated carbocycles. The maximum absolute atomic E-state index is 14.0. The van der Waals surface area contributed by atoms with Crippen LogP contribution in [0.1, 0.15) is 24.2 Å². The van der Waals surface area contributed by atoms with Gasteiger partial charge in [0.15, 0.2) is 4.60 Å². The Labute approximate surface area is 124 Å². The van der Waals surface area contributed by atoms with Crippen LogP contribution in [-0.4, -0.2) is 21.5 Å². The number of rotatable bonds is 4. The summed E-state index contributed by atoms with van der Waals surface area (Å²) >= 11 is 9.30. The molecule has 0 bridgehead atoms. The molecule has 1 aromatic carbocycles. The molecule has 2 aromatic rings. The summed E-state index contributed by atoms with van der Waals surface area (Å²) in [5, 5.41) is 11.6. The second-order valence-corrected chi connectivity index (χ2v) is 5.23. The Hall–Kier alpha value is -0.980. The van der Waals surface area contributed by atoms with Crippen molar-refractivity contribution in [2.75, 3.05) is 6.54 Å². The first kappa shape index (κ1) is 14.4. The van der Waals surface area contributed by atoms with Crippen molar-refractivity contribution in [3.8, 4) is 0 Å². The van der Waals surface area contributed by atoms with Gasteiger partial charge in [-0.05, 0) is 40.7 Å². The van der Waals surface area contributed by atoms with Crippen LogP contribution >= 0.6 is 27.5 Å². The summed E-state index contributed by atoms with van der Waals surface area (Å²) in [5.74, 6) is -0.316. The number of benzene rings is 1. The second kappa shape index (κ2) is 5.98. The predicted octanol–water partition coefficient (Wildman–Crippen LogP) is 3.07. The Morgan fingerprint density at radius 3 is 2.84 bits per heavy atom. The number of nitrogens with one attached hydrogen (secondary N) is 1. The van der Waals surface area contributed by atoms with E-state index in [1.54, 1.807) is 17.8 Å². The molecule has 0 aliphatic rings. The van der Waals surface area contributed by atoms with Crippen molar-refractivity contribution in [3.05, 3.63) is 44.9 Å². The third-order valence-corrected chi connectivity index (χ3v) is 3.58. The van der Waals surface area contributed by atoms with E-state index in [4.69, 9.17) is 11.6 Å². The topological polar surface area (TPSA) is 42.7 Å². The van der Waals surface area contributed by atoms with Gasteiger partial charge in [0.2, 0.25) is 0 Å². The van der Waals surface area contributed by atoms with Gasteiger partial charge in [-0.25, -0.2) is 9.07 Å². The van der Waals surface area contributed by atoms with Gasteiger partial charge in [-0.2, -0.15) is 0 Å². The van der Waals surface area contributed by atoms with Crippen molar-refractivity contribution in [2.45, 2.75) is 13.0 Å². The summed E-state index contributed by atoms with van der Waals surface area (Å²) < 4.78 is 16.2. The summed E-state index contributed by atoms with van der Waals surface area (Å²) in [6, 6.07) is 4.14. The van der Waals surface area contributed by atoms with Crippen LogP contribution in [0.2, 0.25) is 5.02 Å². The van der Waals surface area contributed by atoms with Gasteiger partial charge in [0.1, 0.15) is 5.82 Å². The van der Waals surface area contributed by atoms with Crippen LogP contribution in [0, 0.1) is 5.82 Å². The monoisotopic (exact) mass is 346 g/mol. The van der Waals surface area contributed by atoms with Crippen molar-refractivity contribution in [1.82, 2.24) is 20.3 Å². The van der Waals surface area contributed by atoms with Crippen LogP contribution in [0.4, 0.5) is 4.39 Å². The first-order valence-corrected chi connectivity index (χ1v) is 6.95. The van der Waals surface area contributed by atoms with Gasteiger partial charge >= 0.3 is 0 Å². The first-order valence-electron chi connectivity index (χ1n) is 5.78. The van der Waals surface area contributed by atoms with E-state index in [9.17, 15) is 4.39 Å². The van der Waals surface area contributed by atoms with E-state index >= 15 is 0 Å². The lowest BCUT2D eigenvalue weighted by Gasteiger charge is -2.19. The van der Waals surface area contributed by atoms with E-state index in [0.717, 1.165) is 5.69 Å². The van der Waals surface area contributed by atoms with Crippen LogP contribution in [0.25, 0.3) is 0 Å². The van der Waals surface area contributed by atoms with Gasteiger partial charge in [-0.3, -0.25) is 0 Å². The maximum atomic E-state index is 14.0. The fourth-order valence-corrected chi connectivity index (χ4v) is 2.68. The Morgan fingerprint density at radius 1 is 1.53 bits per heavy atom. The molecule has 1 atom stereocenters. The number of halogens is 3. The normalized spacial score (nSPS) is 12.7. The van der Waals surface area contributed by atoms with E-state index in [0.29, 0.717) is 21.7 Å². The van der Waals surface area contributed by atoms with Crippen molar-refractivity contribution in [1.29, 1.82) is 0 Å². The molecule has 4 nitrogen and oxygen atoms in total. The van der Waals surface area contributed by atoms with E-state index in [1.807, 2.05) is 6.92 Å². The molecule has 102 valence electrons. The van der Waals surface area contributed by atoms with Crippen molar-refractivity contribution in [3.63, 3.8) is 0 Å². The van der Waals surface area contributed by atoms with Crippen LogP contribution < -0.4 is 5.32 Å². The molecule has 0 aliphatic heterocycles. The summed E-state index contributed by atoms with van der Waals surface area (Å²) in [6.45, 7) is 2.63. The van der Waals surface area contributed by atoms with Gasteiger partial charge in [-0.1, -0.05) is 23.7 Å². The van der Waals surface area contributed by atoms with Crippen LogP contribution in [0.3, 0.4) is 0 Å². The molecule has 1 heterocycles. The summed E-state index contributed by atoms with van der Waals surface area (Å²) in [5.41, 5.74) is 1.23. The largest absolute Gasteiger partial charge is 0.305 e. The molecule has 7 heteroatoms. The fraction of sp³-hybridized carbons (Fsp3) is 0.333. The third-order valence-electron chi connectivity index (χ3n) is 2.78. The molecular weight excluding hydrogens is 335 g/mol. The third kappa shape index (κ3) is 2.96. The quantitative estimate of drug-likeness (QED) is 0.924. The SMILES string of the molecule is CCNC(c1cc(Cl)ccc1F)c1c(Br)nnn1C. The highest BCUT2D eigenvalue weighted by Gasteiger charge is 2.24. The van der Waals surface area contributed by atoms with Crippen molar-refractivity contribution < 1.29 is 4.39 Å². The smallest absolute Gasteiger partial charge is 0.153 e. The van der Waals surface area contributed by atoms with Gasteiger partial charge < -0.3 is 5.32 Å². The van der Waals surface area contributed by atoms with E-state index in [1.165, 1.54) is 12.1 Å². The van der Waals surface area contributed by atoms with E-state index < -0.39 is 0 Å². The molecule has 19 heavy (non-hydrogen) atoms. The molecule has 2 rings (SSSR count). The summed E-state index contributed by atoms with van der Waals surface area (Å²) in [4.78, 5) is 0. The highest BCUT2D eigenvalue weighted by Crippen LogP contribution is 2.29. The lowest BCUT2D eigenvalue weighted by Crippen LogP contribution is -2.25. The molecule has 0 saturated heterocycles. The van der Waals surface area contributed by atoms with Crippen LogP contribution in [0.5, 0.6) is 0 Å². The Kier molecular flexibility index (Phi) is 4.54. The summed E-state index contributed by atoms with van der Waals surface area (Å²) in [6.07, 6.45) is 0. The Balaban J connectivity index is 2.54. The average Bonchev–Trinajstić information content (AvgIpc) is 2.70. The summed E-state index contributed by atoms with van der Waals surface area (Å²) in [7, 11) is 1.76. The van der Waals surface area contributed by atoms with Gasteiger partial charge in [0, 0.05) is 17.6 Å². The molecule has 0 amide bonds. The standard InChI is InChI=1S/C12H13BrClFN4/c1-3-16-10(11-12(13)17-18-19(11)2)8-6-7(14)4-5-9(8)15/h4-6,10,16H,3H2,1-2H3. The molecule has 0 fully saturated rings. The lowest BCUT2D eigenvalue weighted by molar-refractivity contribution is 0.529. The zero-order valence-electron chi connectivity index (χ0n) is 10.5. The van der Waals surface area contributed by atoms with Gasteiger partial charge in [0.25, 0.3) is 0 Å². The molecule has 0 radical (unpaired) electrons. The van der Waals surface area contributed by atoms with Crippen LogP contribution in [-0.2, 0) is 7.05 Å². The number of aryl methyl sites for hydroxylation is 1. The molecule has 1 unspecified atom stereocenters. The van der Waals surface area contributed by atoms with E-state index in [2.05, 4.69) is 31.6 Å². The molecule has 1 aromatic heterocycles. The van der Waals surface area contributed by atoms with Crippen LogP contribution in [0.15, 0.2) is 22.8 Å². The van der Waals surface area contributed by atoms with Crippen molar-refractivity contribution in [2.24, 2.45) is 7.05 Å². The minimum absolute atomic E-state index is 0.316. The number of hydrogen-bond acceptors (Lipinski definition) is 3. The number of nitrogens with zero attached hydrogens (tertiary/aromatic N) is 3. The Morgan fingerprint density at radius 2 is 2.26 bits per heavy atom. The zero-order valence-corrected chi connectivity index (χ0v) is 12.8. The number of hydrogen-bond donors (Lipinski definition) is 1. The van der Waals surface area contributed by atoms with Gasteiger partial charge in [0.05, 0.1) is 11.7 Å². The second-order valence-electron chi connectivity index (χ2n) is 4.05. The molecule has 0 aliphatic carbocycles. The van der Waals surface area contributed by atoms with E-state index in [-0.39, 0.29) is 11.9 Å². The average molecular weight is 348 g/mol. The molecule has 0 spiro atoms.